The van der Waals surface area contributed by atoms with Gasteiger partial charge >= 0.3 is 12.4 Å². The van der Waals surface area contributed by atoms with Crippen molar-refractivity contribution in [3.63, 3.8) is 0 Å². The van der Waals surface area contributed by atoms with Gasteiger partial charge in [-0.25, -0.2) is 4.39 Å². The van der Waals surface area contributed by atoms with Gasteiger partial charge in [0.25, 0.3) is 0 Å². The second-order valence-electron chi connectivity index (χ2n) is 3.74. The second-order valence-corrected chi connectivity index (χ2v) is 3.74. The molecule has 2 nitrogen and oxygen atoms in total. The highest BCUT2D eigenvalue weighted by Crippen LogP contribution is 2.35. The van der Waals surface area contributed by atoms with E-state index in [0.717, 1.165) is 6.07 Å². The zero-order chi connectivity index (χ0) is 15.4. The van der Waals surface area contributed by atoms with Gasteiger partial charge in [0.15, 0.2) is 0 Å². The molecular formula is C11H10F7NO. The van der Waals surface area contributed by atoms with Crippen LogP contribution >= 0.6 is 0 Å². The minimum atomic E-state index is -5.55. The van der Waals surface area contributed by atoms with Crippen LogP contribution in [0, 0.1) is 5.82 Å². The predicted molar refractivity (Wildman–Crippen MR) is 56.7 cm³/mol. The summed E-state index contributed by atoms with van der Waals surface area (Å²) in [6, 6.07) is 5.23. The Kier molecular flexibility index (Phi) is 5.21. The van der Waals surface area contributed by atoms with Crippen molar-refractivity contribution in [1.82, 2.24) is 0 Å². The number of para-hydroxylation sites is 1. The summed E-state index contributed by atoms with van der Waals surface area (Å²) >= 11 is 0. The summed E-state index contributed by atoms with van der Waals surface area (Å²) in [7, 11) is 0. The third kappa shape index (κ3) is 4.87. The summed E-state index contributed by atoms with van der Waals surface area (Å²) in [5, 5.41) is 2.34. The van der Waals surface area contributed by atoms with Crippen molar-refractivity contribution in [2.45, 2.75) is 18.5 Å². The first-order valence-electron chi connectivity index (χ1n) is 5.36. The Morgan fingerprint density at radius 3 is 2.05 bits per heavy atom. The minimum absolute atomic E-state index is 0.0355. The minimum Gasteiger partial charge on any atom is -0.380 e. The molecule has 20 heavy (non-hydrogen) atoms. The lowest BCUT2D eigenvalue weighted by Gasteiger charge is -2.23. The molecule has 0 unspecified atom stereocenters. The molecule has 1 rings (SSSR count). The molecule has 0 bridgehead atoms. The van der Waals surface area contributed by atoms with Gasteiger partial charge in [-0.2, -0.15) is 26.3 Å². The average Bonchev–Trinajstić information content (AvgIpc) is 2.27. The summed E-state index contributed by atoms with van der Waals surface area (Å²) in [5.41, 5.74) is -0.0355. The van der Waals surface area contributed by atoms with Gasteiger partial charge in [-0.1, -0.05) is 12.1 Å². The fraction of sp³-hybridized carbons (Fsp3) is 0.455. The van der Waals surface area contributed by atoms with E-state index in [1.165, 1.54) is 18.2 Å². The summed E-state index contributed by atoms with van der Waals surface area (Å²) in [6.07, 6.45) is -14.9. The van der Waals surface area contributed by atoms with Gasteiger partial charge in [0.1, 0.15) is 5.82 Å². The highest BCUT2D eigenvalue weighted by atomic mass is 19.4. The molecule has 0 aliphatic rings. The number of anilines is 1. The zero-order valence-electron chi connectivity index (χ0n) is 9.85. The fourth-order valence-electron chi connectivity index (χ4n) is 1.34. The van der Waals surface area contributed by atoms with Crippen molar-refractivity contribution in [1.29, 1.82) is 0 Å². The molecule has 0 amide bonds. The quantitative estimate of drug-likeness (QED) is 0.661. The van der Waals surface area contributed by atoms with E-state index in [2.05, 4.69) is 10.1 Å². The first-order chi connectivity index (χ1) is 9.12. The van der Waals surface area contributed by atoms with Crippen LogP contribution in [0.3, 0.4) is 0 Å². The van der Waals surface area contributed by atoms with E-state index < -0.39 is 37.4 Å². The molecule has 114 valence electrons. The molecule has 0 heterocycles. The Labute approximate surface area is 109 Å². The van der Waals surface area contributed by atoms with Crippen molar-refractivity contribution < 1.29 is 35.5 Å². The summed E-state index contributed by atoms with van der Waals surface area (Å²) in [6.45, 7) is -1.28. The number of benzene rings is 1. The van der Waals surface area contributed by atoms with Crippen molar-refractivity contribution in [2.75, 3.05) is 18.5 Å². The van der Waals surface area contributed by atoms with Gasteiger partial charge < -0.3 is 10.1 Å². The van der Waals surface area contributed by atoms with Gasteiger partial charge in [0.05, 0.1) is 12.3 Å². The predicted octanol–water partition coefficient (Wildman–Crippen LogP) is 3.75. The summed E-state index contributed by atoms with van der Waals surface area (Å²) < 4.78 is 89.5. The Bertz CT molecular complexity index is 416. The van der Waals surface area contributed by atoms with Crippen LogP contribution in [0.4, 0.5) is 36.4 Å². The van der Waals surface area contributed by atoms with Gasteiger partial charge in [0, 0.05) is 6.54 Å². The maximum absolute atomic E-state index is 13.1. The van der Waals surface area contributed by atoms with E-state index in [9.17, 15) is 30.7 Å². The van der Waals surface area contributed by atoms with Crippen LogP contribution in [0.5, 0.6) is 0 Å². The molecule has 1 aromatic carbocycles. The molecule has 9 heteroatoms. The monoisotopic (exact) mass is 305 g/mol. The number of ether oxygens (including phenoxy) is 1. The van der Waals surface area contributed by atoms with Crippen LogP contribution in [-0.4, -0.2) is 31.6 Å². The first kappa shape index (κ1) is 16.5. The van der Waals surface area contributed by atoms with Gasteiger partial charge in [-0.05, 0) is 12.1 Å². The highest BCUT2D eigenvalue weighted by Gasteiger charge is 2.57. The second kappa shape index (κ2) is 6.29. The number of nitrogens with one attached hydrogen (secondary N) is 1. The van der Waals surface area contributed by atoms with E-state index in [1.807, 2.05) is 0 Å². The molecule has 0 fully saturated rings. The molecule has 0 aromatic heterocycles. The third-order valence-electron chi connectivity index (χ3n) is 2.17. The summed E-state index contributed by atoms with van der Waals surface area (Å²) in [5.74, 6) is -0.671. The Hall–Kier alpha value is -1.51. The Morgan fingerprint density at radius 2 is 1.55 bits per heavy atom. The molecule has 0 saturated carbocycles. The smallest absolute Gasteiger partial charge is 0.380 e. The van der Waals surface area contributed by atoms with Gasteiger partial charge in [0.2, 0.25) is 6.10 Å². The van der Waals surface area contributed by atoms with Crippen LogP contribution in [0.25, 0.3) is 0 Å². The molecule has 0 atom stereocenters. The van der Waals surface area contributed by atoms with Crippen molar-refractivity contribution in [2.24, 2.45) is 0 Å². The average molecular weight is 305 g/mol. The molecule has 1 N–H and O–H groups in total. The lowest BCUT2D eigenvalue weighted by Crippen LogP contribution is -2.45. The molecule has 0 radical (unpaired) electrons. The third-order valence-corrected chi connectivity index (χ3v) is 2.17. The maximum atomic E-state index is 13.1. The highest BCUT2D eigenvalue weighted by molar-refractivity contribution is 5.44. The Morgan fingerprint density at radius 1 is 1.00 bits per heavy atom. The number of alkyl halides is 6. The van der Waals surface area contributed by atoms with Crippen molar-refractivity contribution in [3.05, 3.63) is 30.1 Å². The molecule has 1 aromatic rings. The number of halogens is 7. The van der Waals surface area contributed by atoms with Crippen LogP contribution in [0.1, 0.15) is 0 Å². The van der Waals surface area contributed by atoms with Crippen molar-refractivity contribution >= 4 is 5.69 Å². The maximum Gasteiger partial charge on any atom is 0.423 e. The van der Waals surface area contributed by atoms with Crippen molar-refractivity contribution in [3.8, 4) is 0 Å². The molecule has 0 spiro atoms. The van der Waals surface area contributed by atoms with E-state index in [1.54, 1.807) is 0 Å². The standard InChI is InChI=1S/C11H10F7NO/c12-7-3-1-2-4-8(7)19-5-6-20-9(10(13,14)15)11(16,17)18/h1-4,9,19H,5-6H2. The zero-order valence-corrected chi connectivity index (χ0v) is 9.85. The summed E-state index contributed by atoms with van der Waals surface area (Å²) in [4.78, 5) is 0. The van der Waals surface area contributed by atoms with Crippen LogP contribution in [-0.2, 0) is 4.74 Å². The van der Waals surface area contributed by atoms with Gasteiger partial charge in [-0.15, -0.1) is 0 Å². The SMILES string of the molecule is Fc1ccccc1NCCOC(C(F)(F)F)C(F)(F)F. The first-order valence-corrected chi connectivity index (χ1v) is 5.36. The molecule has 0 saturated heterocycles. The lowest BCUT2D eigenvalue weighted by molar-refractivity contribution is -0.321. The lowest BCUT2D eigenvalue weighted by atomic mass is 10.3. The van der Waals surface area contributed by atoms with Crippen LogP contribution < -0.4 is 5.32 Å². The normalized spacial score (nSPS) is 12.8. The Balaban J connectivity index is 2.48. The van der Waals surface area contributed by atoms with Crippen LogP contribution in [0.15, 0.2) is 24.3 Å². The van der Waals surface area contributed by atoms with Crippen LogP contribution in [0.2, 0.25) is 0 Å². The number of rotatable bonds is 5. The molecular weight excluding hydrogens is 295 g/mol. The largest absolute Gasteiger partial charge is 0.423 e. The van der Waals surface area contributed by atoms with Gasteiger partial charge in [-0.3, -0.25) is 0 Å². The fourth-order valence-corrected chi connectivity index (χ4v) is 1.34. The van der Waals surface area contributed by atoms with E-state index in [0.29, 0.717) is 0 Å². The van der Waals surface area contributed by atoms with E-state index >= 15 is 0 Å². The number of hydrogen-bond donors (Lipinski definition) is 1. The molecule has 0 aliphatic carbocycles. The molecule has 0 aliphatic heterocycles. The topological polar surface area (TPSA) is 21.3 Å². The number of hydrogen-bond acceptors (Lipinski definition) is 2. The van der Waals surface area contributed by atoms with E-state index in [-0.39, 0.29) is 5.69 Å². The van der Waals surface area contributed by atoms with E-state index in [4.69, 9.17) is 0 Å².